The minimum atomic E-state index is -1.19. The molecular weight excluding hydrogens is 304 g/mol. The van der Waals surface area contributed by atoms with E-state index in [1.807, 2.05) is 17.5 Å². The molecule has 118 valence electrons. The third-order valence-corrected chi connectivity index (χ3v) is 5.61. The Bertz CT molecular complexity index is 629. The number of likely N-dealkylation sites (tertiary alicyclic amines) is 1. The van der Waals surface area contributed by atoms with Gasteiger partial charge in [-0.25, -0.2) is 0 Å². The van der Waals surface area contributed by atoms with Gasteiger partial charge in [0.05, 0.1) is 25.0 Å². The van der Waals surface area contributed by atoms with Crippen molar-refractivity contribution >= 4 is 29.1 Å². The number of imide groups is 1. The van der Waals surface area contributed by atoms with Crippen LogP contribution >= 0.6 is 11.3 Å². The van der Waals surface area contributed by atoms with Crippen LogP contribution in [0.15, 0.2) is 17.5 Å². The lowest BCUT2D eigenvalue weighted by atomic mass is 9.81. The molecule has 2 fully saturated rings. The van der Waals surface area contributed by atoms with E-state index in [1.165, 1.54) is 23.3 Å². The average molecular weight is 322 g/mol. The van der Waals surface area contributed by atoms with Crippen molar-refractivity contribution < 1.29 is 19.1 Å². The SMILES string of the molecule is CCN1C(=O)[C@@H]2[C@@H](c3cccs3)N[C@@](C)(C(=O)OC)[C@@H]2C1=O. The molecule has 2 aliphatic heterocycles. The van der Waals surface area contributed by atoms with Crippen LogP contribution < -0.4 is 5.32 Å². The summed E-state index contributed by atoms with van der Waals surface area (Å²) in [6, 6.07) is 3.46. The Hall–Kier alpha value is -1.73. The van der Waals surface area contributed by atoms with Crippen LogP contribution in [0.2, 0.25) is 0 Å². The number of methoxy groups -OCH3 is 1. The van der Waals surface area contributed by atoms with Gasteiger partial charge >= 0.3 is 5.97 Å². The highest BCUT2D eigenvalue weighted by Crippen LogP contribution is 2.49. The minimum Gasteiger partial charge on any atom is -0.468 e. The Kier molecular flexibility index (Phi) is 3.57. The Morgan fingerprint density at radius 3 is 2.73 bits per heavy atom. The summed E-state index contributed by atoms with van der Waals surface area (Å²) in [7, 11) is 1.29. The number of thiophene rings is 1. The largest absolute Gasteiger partial charge is 0.468 e. The molecule has 7 heteroatoms. The summed E-state index contributed by atoms with van der Waals surface area (Å²) in [4.78, 5) is 39.8. The first-order valence-corrected chi connectivity index (χ1v) is 8.08. The Balaban J connectivity index is 2.09. The second-order valence-corrected chi connectivity index (χ2v) is 6.73. The van der Waals surface area contributed by atoms with E-state index >= 15 is 0 Å². The number of nitrogens with zero attached hydrogens (tertiary/aromatic N) is 1. The lowest BCUT2D eigenvalue weighted by molar-refractivity contribution is -0.153. The second kappa shape index (κ2) is 5.17. The van der Waals surface area contributed by atoms with Crippen LogP contribution in [0.4, 0.5) is 0 Å². The van der Waals surface area contributed by atoms with E-state index in [2.05, 4.69) is 5.32 Å². The number of hydrogen-bond donors (Lipinski definition) is 1. The van der Waals surface area contributed by atoms with Crippen LogP contribution in [-0.4, -0.2) is 41.9 Å². The summed E-state index contributed by atoms with van der Waals surface area (Å²) < 4.78 is 4.88. The molecule has 0 radical (unpaired) electrons. The van der Waals surface area contributed by atoms with Gasteiger partial charge in [0.2, 0.25) is 11.8 Å². The van der Waals surface area contributed by atoms with E-state index in [0.717, 1.165) is 4.88 Å². The van der Waals surface area contributed by atoms with Crippen molar-refractivity contribution in [3.8, 4) is 0 Å². The van der Waals surface area contributed by atoms with Gasteiger partial charge in [-0.1, -0.05) is 6.07 Å². The normalized spacial score (nSPS) is 34.1. The van der Waals surface area contributed by atoms with E-state index in [0.29, 0.717) is 6.54 Å². The quantitative estimate of drug-likeness (QED) is 0.662. The van der Waals surface area contributed by atoms with Gasteiger partial charge in [-0.3, -0.25) is 24.6 Å². The molecule has 0 unspecified atom stereocenters. The lowest BCUT2D eigenvalue weighted by Gasteiger charge is -2.28. The van der Waals surface area contributed by atoms with E-state index in [-0.39, 0.29) is 17.9 Å². The number of esters is 1. The summed E-state index contributed by atoms with van der Waals surface area (Å²) in [5, 5.41) is 5.11. The van der Waals surface area contributed by atoms with Crippen molar-refractivity contribution in [3.63, 3.8) is 0 Å². The molecule has 3 rings (SSSR count). The molecule has 6 nitrogen and oxygen atoms in total. The van der Waals surface area contributed by atoms with Crippen LogP contribution in [0.3, 0.4) is 0 Å². The van der Waals surface area contributed by atoms with Gasteiger partial charge in [-0.05, 0) is 25.3 Å². The topological polar surface area (TPSA) is 75.7 Å². The molecule has 0 saturated carbocycles. The van der Waals surface area contributed by atoms with E-state index in [4.69, 9.17) is 4.74 Å². The molecule has 22 heavy (non-hydrogen) atoms. The number of hydrogen-bond acceptors (Lipinski definition) is 6. The minimum absolute atomic E-state index is 0.212. The first kappa shape index (κ1) is 15.2. The maximum Gasteiger partial charge on any atom is 0.326 e. The highest BCUT2D eigenvalue weighted by Gasteiger charge is 2.66. The van der Waals surface area contributed by atoms with Crippen molar-refractivity contribution in [2.45, 2.75) is 25.4 Å². The number of rotatable bonds is 3. The van der Waals surface area contributed by atoms with Crippen molar-refractivity contribution in [2.24, 2.45) is 11.8 Å². The summed E-state index contributed by atoms with van der Waals surface area (Å²) >= 11 is 1.50. The third-order valence-electron chi connectivity index (χ3n) is 4.65. The Morgan fingerprint density at radius 1 is 1.45 bits per heavy atom. The van der Waals surface area contributed by atoms with Gasteiger partial charge in [0.25, 0.3) is 0 Å². The van der Waals surface area contributed by atoms with Gasteiger partial charge in [0.1, 0.15) is 5.54 Å². The smallest absolute Gasteiger partial charge is 0.326 e. The predicted octanol–water partition coefficient (Wildman–Crippen LogP) is 0.945. The molecule has 2 aliphatic rings. The molecule has 0 aliphatic carbocycles. The zero-order chi connectivity index (χ0) is 16.1. The average Bonchev–Trinajstić information content (AvgIpc) is 3.17. The van der Waals surface area contributed by atoms with E-state index in [9.17, 15) is 14.4 Å². The molecule has 4 atom stereocenters. The number of carbonyl (C=O) groups is 3. The number of carbonyl (C=O) groups excluding carboxylic acids is 3. The Labute approximate surface area is 132 Å². The van der Waals surface area contributed by atoms with E-state index < -0.39 is 23.3 Å². The fourth-order valence-electron chi connectivity index (χ4n) is 3.62. The van der Waals surface area contributed by atoms with Crippen molar-refractivity contribution in [1.29, 1.82) is 0 Å². The van der Waals surface area contributed by atoms with Crippen LogP contribution in [0.1, 0.15) is 24.8 Å². The maximum atomic E-state index is 12.7. The van der Waals surface area contributed by atoms with E-state index in [1.54, 1.807) is 13.8 Å². The zero-order valence-electron chi connectivity index (χ0n) is 12.7. The third kappa shape index (κ3) is 1.85. The number of fused-ring (bicyclic) bond motifs is 1. The van der Waals surface area contributed by atoms with Crippen LogP contribution in [-0.2, 0) is 19.1 Å². The molecule has 3 heterocycles. The highest BCUT2D eigenvalue weighted by atomic mass is 32.1. The predicted molar refractivity (Wildman–Crippen MR) is 80.0 cm³/mol. The molecule has 0 aromatic carbocycles. The second-order valence-electron chi connectivity index (χ2n) is 5.76. The highest BCUT2D eigenvalue weighted by molar-refractivity contribution is 7.10. The Morgan fingerprint density at radius 2 is 2.18 bits per heavy atom. The fourth-order valence-corrected chi connectivity index (χ4v) is 4.45. The molecule has 1 aromatic heterocycles. The molecule has 1 N–H and O–H groups in total. The molecular formula is C15H18N2O4S. The monoisotopic (exact) mass is 322 g/mol. The van der Waals surface area contributed by atoms with Gasteiger partial charge in [0.15, 0.2) is 0 Å². The molecule has 1 aromatic rings. The number of nitrogens with one attached hydrogen (secondary N) is 1. The standard InChI is InChI=1S/C15H18N2O4S/c1-4-17-12(18)9-10(13(17)19)15(2,14(20)21-3)16-11(9)8-6-5-7-22-8/h5-7,9-11,16H,4H2,1-3H3/t9-,10-,11+,15+/m0/s1. The number of ether oxygens (including phenoxy) is 1. The van der Waals surface area contributed by atoms with Crippen LogP contribution in [0.5, 0.6) is 0 Å². The van der Waals surface area contributed by atoms with Crippen molar-refractivity contribution in [1.82, 2.24) is 10.2 Å². The first-order valence-electron chi connectivity index (χ1n) is 7.20. The molecule has 2 saturated heterocycles. The van der Waals surface area contributed by atoms with Gasteiger partial charge in [0, 0.05) is 11.4 Å². The van der Waals surface area contributed by atoms with Crippen LogP contribution in [0.25, 0.3) is 0 Å². The van der Waals surface area contributed by atoms with Gasteiger partial charge < -0.3 is 4.74 Å². The summed E-state index contributed by atoms with van der Waals surface area (Å²) in [5.74, 6) is -2.30. The summed E-state index contributed by atoms with van der Waals surface area (Å²) in [5.41, 5.74) is -1.19. The summed E-state index contributed by atoms with van der Waals surface area (Å²) in [6.45, 7) is 3.73. The molecule has 2 amide bonds. The molecule has 0 bridgehead atoms. The molecule has 0 spiro atoms. The lowest BCUT2D eigenvalue weighted by Crippen LogP contribution is -2.53. The van der Waals surface area contributed by atoms with Crippen molar-refractivity contribution in [3.05, 3.63) is 22.4 Å². The maximum absolute atomic E-state index is 12.7. The van der Waals surface area contributed by atoms with Crippen molar-refractivity contribution in [2.75, 3.05) is 13.7 Å². The van der Waals surface area contributed by atoms with Gasteiger partial charge in [-0.15, -0.1) is 11.3 Å². The summed E-state index contributed by atoms with van der Waals surface area (Å²) in [6.07, 6.45) is 0. The zero-order valence-corrected chi connectivity index (χ0v) is 13.5. The first-order chi connectivity index (χ1) is 10.5. The van der Waals surface area contributed by atoms with Crippen LogP contribution in [0, 0.1) is 11.8 Å². The van der Waals surface area contributed by atoms with Gasteiger partial charge in [-0.2, -0.15) is 0 Å². The number of amides is 2. The fraction of sp³-hybridized carbons (Fsp3) is 0.533.